The molecule has 3 amide bonds. The number of halogens is 1. The molecule has 1 aliphatic rings. The Kier molecular flexibility index (Phi) is 5.51. The summed E-state index contributed by atoms with van der Waals surface area (Å²) in [6.45, 7) is 1.73. The molecule has 0 saturated heterocycles. The summed E-state index contributed by atoms with van der Waals surface area (Å²) in [5.41, 5.74) is 3.59. The van der Waals surface area contributed by atoms with Gasteiger partial charge in [0.1, 0.15) is 0 Å². The lowest BCUT2D eigenvalue weighted by molar-refractivity contribution is -0.113. The number of benzene rings is 2. The van der Waals surface area contributed by atoms with Crippen LogP contribution in [-0.2, 0) is 4.79 Å². The third-order valence-electron chi connectivity index (χ3n) is 4.36. The van der Waals surface area contributed by atoms with Crippen LogP contribution in [0.4, 0.5) is 16.2 Å². The van der Waals surface area contributed by atoms with Crippen molar-refractivity contribution in [1.82, 2.24) is 10.6 Å². The van der Waals surface area contributed by atoms with E-state index < -0.39 is 6.04 Å². The van der Waals surface area contributed by atoms with Crippen molar-refractivity contribution < 1.29 is 9.59 Å². The molecule has 2 aromatic carbocycles. The molecule has 0 spiro atoms. The molecule has 0 saturated carbocycles. The largest absolute Gasteiger partial charge is 0.378 e. The molecule has 0 bridgehead atoms. The molecule has 0 fully saturated rings. The summed E-state index contributed by atoms with van der Waals surface area (Å²) in [6.07, 6.45) is 0. The van der Waals surface area contributed by atoms with E-state index in [0.29, 0.717) is 17.0 Å². The lowest BCUT2D eigenvalue weighted by atomic mass is 9.94. The molecule has 3 rings (SSSR count). The topological polar surface area (TPSA) is 73.5 Å². The average molecular weight is 429 g/mol. The van der Waals surface area contributed by atoms with Gasteiger partial charge in [0.25, 0.3) is 5.91 Å². The zero-order valence-corrected chi connectivity index (χ0v) is 16.9. The standard InChI is InChI=1S/C20H21BrN4O2/c1-12-17(19(26)23-15-8-6-14(21)7-9-15)18(24-20(27)22-12)13-4-10-16(11-5-13)25(2)3/h4-11,18H,1-3H3,(H,23,26)(H2,22,24,27). The van der Waals surface area contributed by atoms with Crippen molar-refractivity contribution in [3.05, 3.63) is 69.8 Å². The Morgan fingerprint density at radius 3 is 2.30 bits per heavy atom. The van der Waals surface area contributed by atoms with Crippen molar-refractivity contribution in [3.63, 3.8) is 0 Å². The summed E-state index contributed by atoms with van der Waals surface area (Å²) in [5.74, 6) is -0.260. The van der Waals surface area contributed by atoms with Gasteiger partial charge in [-0.25, -0.2) is 4.79 Å². The SMILES string of the molecule is CC1=C(C(=O)Nc2ccc(Br)cc2)C(c2ccc(N(C)C)cc2)NC(=O)N1. The Morgan fingerprint density at radius 1 is 1.07 bits per heavy atom. The smallest absolute Gasteiger partial charge is 0.319 e. The number of nitrogens with one attached hydrogen (secondary N) is 3. The van der Waals surface area contributed by atoms with Gasteiger partial charge in [-0.1, -0.05) is 28.1 Å². The first-order chi connectivity index (χ1) is 12.8. The van der Waals surface area contributed by atoms with Crippen LogP contribution in [0.25, 0.3) is 0 Å². The van der Waals surface area contributed by atoms with E-state index in [2.05, 4.69) is 31.9 Å². The van der Waals surface area contributed by atoms with Crippen LogP contribution < -0.4 is 20.9 Å². The van der Waals surface area contributed by atoms with Crippen LogP contribution >= 0.6 is 15.9 Å². The van der Waals surface area contributed by atoms with Crippen molar-refractivity contribution in [1.29, 1.82) is 0 Å². The molecule has 1 aliphatic heterocycles. The maximum Gasteiger partial charge on any atom is 0.319 e. The lowest BCUT2D eigenvalue weighted by Crippen LogP contribution is -2.45. The second-order valence-corrected chi connectivity index (χ2v) is 7.43. The normalized spacial score (nSPS) is 16.4. The maximum absolute atomic E-state index is 12.9. The first-order valence-corrected chi connectivity index (χ1v) is 9.27. The Morgan fingerprint density at radius 2 is 1.70 bits per heavy atom. The van der Waals surface area contributed by atoms with Crippen LogP contribution in [0.5, 0.6) is 0 Å². The molecular weight excluding hydrogens is 408 g/mol. The maximum atomic E-state index is 12.9. The van der Waals surface area contributed by atoms with Gasteiger partial charge in [-0.15, -0.1) is 0 Å². The Balaban J connectivity index is 1.91. The fourth-order valence-electron chi connectivity index (χ4n) is 2.94. The van der Waals surface area contributed by atoms with Crippen LogP contribution in [0.1, 0.15) is 18.5 Å². The van der Waals surface area contributed by atoms with Crippen molar-refractivity contribution in [2.45, 2.75) is 13.0 Å². The van der Waals surface area contributed by atoms with E-state index in [-0.39, 0.29) is 11.9 Å². The second kappa shape index (κ2) is 7.84. The molecule has 2 aromatic rings. The molecule has 140 valence electrons. The zero-order valence-electron chi connectivity index (χ0n) is 15.3. The molecule has 3 N–H and O–H groups in total. The van der Waals surface area contributed by atoms with Gasteiger partial charge in [-0.3, -0.25) is 4.79 Å². The number of carbonyl (C=O) groups excluding carboxylic acids is 2. The van der Waals surface area contributed by atoms with Crippen molar-refractivity contribution >= 4 is 39.2 Å². The molecule has 0 aromatic heterocycles. The van der Waals surface area contributed by atoms with Gasteiger partial charge in [-0.2, -0.15) is 0 Å². The molecule has 1 heterocycles. The average Bonchev–Trinajstić information content (AvgIpc) is 2.63. The number of carbonyl (C=O) groups is 2. The minimum absolute atomic E-state index is 0.260. The minimum atomic E-state index is -0.523. The number of rotatable bonds is 4. The Bertz CT molecular complexity index is 889. The van der Waals surface area contributed by atoms with Gasteiger partial charge in [0.05, 0.1) is 11.6 Å². The van der Waals surface area contributed by atoms with E-state index >= 15 is 0 Å². The van der Waals surface area contributed by atoms with Gasteiger partial charge < -0.3 is 20.9 Å². The quantitative estimate of drug-likeness (QED) is 0.693. The van der Waals surface area contributed by atoms with Crippen LogP contribution in [-0.4, -0.2) is 26.0 Å². The van der Waals surface area contributed by atoms with Gasteiger partial charge in [-0.05, 0) is 48.9 Å². The summed E-state index contributed by atoms with van der Waals surface area (Å²) in [5, 5.41) is 8.43. The van der Waals surface area contributed by atoms with Crippen LogP contribution in [0.15, 0.2) is 64.3 Å². The highest BCUT2D eigenvalue weighted by atomic mass is 79.9. The Hall–Kier alpha value is -2.80. The third kappa shape index (κ3) is 4.31. The minimum Gasteiger partial charge on any atom is -0.378 e. The predicted molar refractivity (Wildman–Crippen MR) is 111 cm³/mol. The van der Waals surface area contributed by atoms with E-state index in [1.807, 2.05) is 67.5 Å². The number of allylic oxidation sites excluding steroid dienone is 1. The molecule has 1 atom stereocenters. The fraction of sp³-hybridized carbons (Fsp3) is 0.200. The summed E-state index contributed by atoms with van der Waals surface area (Å²) in [7, 11) is 3.92. The third-order valence-corrected chi connectivity index (χ3v) is 4.89. The highest BCUT2D eigenvalue weighted by molar-refractivity contribution is 9.10. The summed E-state index contributed by atoms with van der Waals surface area (Å²) in [4.78, 5) is 26.9. The van der Waals surface area contributed by atoms with Crippen molar-refractivity contribution in [2.24, 2.45) is 0 Å². The van der Waals surface area contributed by atoms with Gasteiger partial charge in [0.15, 0.2) is 0 Å². The molecule has 27 heavy (non-hydrogen) atoms. The number of anilines is 2. The lowest BCUT2D eigenvalue weighted by Gasteiger charge is -2.29. The van der Waals surface area contributed by atoms with Crippen LogP contribution in [0.2, 0.25) is 0 Å². The monoisotopic (exact) mass is 428 g/mol. The Labute approximate surface area is 166 Å². The summed E-state index contributed by atoms with van der Waals surface area (Å²) < 4.78 is 0.932. The number of amides is 3. The van der Waals surface area contributed by atoms with Gasteiger partial charge in [0.2, 0.25) is 0 Å². The zero-order chi connectivity index (χ0) is 19.6. The van der Waals surface area contributed by atoms with E-state index in [4.69, 9.17) is 0 Å². The van der Waals surface area contributed by atoms with E-state index in [0.717, 1.165) is 15.7 Å². The molecule has 7 heteroatoms. The molecule has 6 nitrogen and oxygen atoms in total. The summed E-state index contributed by atoms with van der Waals surface area (Å²) in [6, 6.07) is 14.3. The van der Waals surface area contributed by atoms with Crippen molar-refractivity contribution in [3.8, 4) is 0 Å². The van der Waals surface area contributed by atoms with E-state index in [1.54, 1.807) is 6.92 Å². The highest BCUT2D eigenvalue weighted by Gasteiger charge is 2.31. The number of nitrogens with zero attached hydrogens (tertiary/aromatic N) is 1. The second-order valence-electron chi connectivity index (χ2n) is 6.52. The first-order valence-electron chi connectivity index (χ1n) is 8.47. The molecular formula is C20H21BrN4O2. The number of hydrogen-bond donors (Lipinski definition) is 3. The number of hydrogen-bond acceptors (Lipinski definition) is 3. The van der Waals surface area contributed by atoms with Crippen LogP contribution in [0.3, 0.4) is 0 Å². The van der Waals surface area contributed by atoms with E-state index in [9.17, 15) is 9.59 Å². The van der Waals surface area contributed by atoms with Gasteiger partial charge in [0, 0.05) is 35.6 Å². The molecule has 1 unspecified atom stereocenters. The van der Waals surface area contributed by atoms with Gasteiger partial charge >= 0.3 is 6.03 Å². The molecule has 0 radical (unpaired) electrons. The fourth-order valence-corrected chi connectivity index (χ4v) is 3.21. The van der Waals surface area contributed by atoms with Crippen LogP contribution in [0, 0.1) is 0 Å². The summed E-state index contributed by atoms with van der Waals surface area (Å²) >= 11 is 3.38. The first kappa shape index (κ1) is 19.0. The van der Waals surface area contributed by atoms with E-state index in [1.165, 1.54) is 0 Å². The molecule has 0 aliphatic carbocycles. The highest BCUT2D eigenvalue weighted by Crippen LogP contribution is 2.29. The predicted octanol–water partition coefficient (Wildman–Crippen LogP) is 3.78. The number of urea groups is 1. The van der Waals surface area contributed by atoms with Crippen molar-refractivity contribution in [2.75, 3.05) is 24.3 Å².